The number of nitrogens with zero attached hydrogens (tertiary/aromatic N) is 4. The lowest BCUT2D eigenvalue weighted by Crippen LogP contribution is -2.48. The molecule has 2 heterocycles. The molecule has 1 aromatic carbocycles. The molecular weight excluding hydrogens is 399 g/mol. The number of amides is 1. The van der Waals surface area contributed by atoms with Gasteiger partial charge in [0.15, 0.2) is 5.82 Å². The van der Waals surface area contributed by atoms with Gasteiger partial charge in [-0.2, -0.15) is 4.98 Å². The molecule has 1 aliphatic heterocycles. The number of hydrogen-bond donors (Lipinski definition) is 0. The molecule has 0 N–H and O–H groups in total. The van der Waals surface area contributed by atoms with Crippen LogP contribution in [0.4, 0.5) is 0 Å². The van der Waals surface area contributed by atoms with Gasteiger partial charge in [-0.25, -0.2) is 0 Å². The third-order valence-electron chi connectivity index (χ3n) is 4.92. The molecule has 1 saturated heterocycles. The average molecular weight is 425 g/mol. The smallest absolute Gasteiger partial charge is 0.226 e. The van der Waals surface area contributed by atoms with Crippen LogP contribution in [0.5, 0.6) is 0 Å². The largest absolute Gasteiger partial charge is 0.340 e. The van der Waals surface area contributed by atoms with Crippen LogP contribution >= 0.6 is 23.2 Å². The molecule has 0 unspecified atom stereocenters. The van der Waals surface area contributed by atoms with Crippen molar-refractivity contribution in [2.24, 2.45) is 0 Å². The minimum atomic E-state index is 0.189. The van der Waals surface area contributed by atoms with Gasteiger partial charge in [-0.15, -0.1) is 0 Å². The van der Waals surface area contributed by atoms with Crippen LogP contribution in [0.15, 0.2) is 22.7 Å². The molecule has 1 aliphatic rings. The average Bonchev–Trinajstić information content (AvgIpc) is 3.14. The summed E-state index contributed by atoms with van der Waals surface area (Å²) in [6, 6.07) is 5.70. The highest BCUT2D eigenvalue weighted by Gasteiger charge is 2.21. The van der Waals surface area contributed by atoms with Crippen molar-refractivity contribution >= 4 is 29.1 Å². The van der Waals surface area contributed by atoms with Gasteiger partial charge in [0, 0.05) is 52.0 Å². The molecule has 8 heteroatoms. The minimum absolute atomic E-state index is 0.189. The van der Waals surface area contributed by atoms with E-state index in [2.05, 4.69) is 22.0 Å². The summed E-state index contributed by atoms with van der Waals surface area (Å²) >= 11 is 12.4. The molecular formula is C20H26Cl2N4O2. The first kappa shape index (κ1) is 21.1. The Kier molecular flexibility index (Phi) is 7.71. The van der Waals surface area contributed by atoms with Crippen molar-refractivity contribution in [2.45, 2.75) is 45.6 Å². The van der Waals surface area contributed by atoms with E-state index in [1.54, 1.807) is 6.07 Å². The number of piperazine rings is 1. The molecule has 0 spiro atoms. The van der Waals surface area contributed by atoms with Crippen molar-refractivity contribution in [2.75, 3.05) is 26.2 Å². The van der Waals surface area contributed by atoms with Crippen LogP contribution in [0.3, 0.4) is 0 Å². The van der Waals surface area contributed by atoms with E-state index in [0.29, 0.717) is 28.8 Å². The molecule has 6 nitrogen and oxygen atoms in total. The third kappa shape index (κ3) is 5.69. The highest BCUT2D eigenvalue weighted by molar-refractivity contribution is 6.42. The van der Waals surface area contributed by atoms with E-state index in [9.17, 15) is 4.79 Å². The zero-order valence-electron chi connectivity index (χ0n) is 16.2. The summed E-state index contributed by atoms with van der Waals surface area (Å²) in [5.41, 5.74) is 1.02. The predicted octanol–water partition coefficient (Wildman–Crippen LogP) is 4.00. The Bertz CT molecular complexity index is 788. The van der Waals surface area contributed by atoms with Crippen LogP contribution in [0.2, 0.25) is 10.0 Å². The normalized spacial score (nSPS) is 15.2. The summed E-state index contributed by atoms with van der Waals surface area (Å²) in [6.45, 7) is 5.96. The summed E-state index contributed by atoms with van der Waals surface area (Å²) in [5.74, 6) is 1.56. The number of hydrogen-bond acceptors (Lipinski definition) is 5. The maximum atomic E-state index is 12.5. The number of rotatable bonds is 8. The molecule has 0 bridgehead atoms. The Labute approximate surface area is 175 Å². The van der Waals surface area contributed by atoms with Gasteiger partial charge in [0.05, 0.1) is 10.0 Å². The van der Waals surface area contributed by atoms with Crippen molar-refractivity contribution < 1.29 is 9.32 Å². The highest BCUT2D eigenvalue weighted by atomic mass is 35.5. The van der Waals surface area contributed by atoms with Crippen molar-refractivity contribution in [3.8, 4) is 0 Å². The zero-order chi connectivity index (χ0) is 19.9. The number of aryl methyl sites for hydroxylation is 2. The van der Waals surface area contributed by atoms with E-state index in [4.69, 9.17) is 27.7 Å². The van der Waals surface area contributed by atoms with Crippen LogP contribution in [0, 0.1) is 0 Å². The number of carbonyl (C=O) groups is 1. The Balaban J connectivity index is 1.39. The Hall–Kier alpha value is -1.63. The summed E-state index contributed by atoms with van der Waals surface area (Å²) in [6.07, 6.45) is 3.70. The minimum Gasteiger partial charge on any atom is -0.340 e. The second kappa shape index (κ2) is 10.2. The Morgan fingerprint density at radius 2 is 1.96 bits per heavy atom. The van der Waals surface area contributed by atoms with Crippen LogP contribution in [-0.4, -0.2) is 52.0 Å². The van der Waals surface area contributed by atoms with Gasteiger partial charge in [-0.05, 0) is 24.5 Å². The summed E-state index contributed by atoms with van der Waals surface area (Å²) in [4.78, 5) is 21.0. The third-order valence-corrected chi connectivity index (χ3v) is 5.77. The first-order valence-corrected chi connectivity index (χ1v) is 10.6. The summed E-state index contributed by atoms with van der Waals surface area (Å²) in [5, 5.41) is 5.14. The standard InChI is InChI=1S/C20H26Cl2N4O2/c1-2-5-17-23-18(28-24-17)8-4-9-19(27)26-12-10-25(11-13-26)14-15-6-3-7-16(21)20(15)22/h3,6-7H,2,4-5,8-14H2,1H3. The van der Waals surface area contributed by atoms with Crippen LogP contribution < -0.4 is 0 Å². The maximum Gasteiger partial charge on any atom is 0.226 e. The second-order valence-electron chi connectivity index (χ2n) is 7.08. The van der Waals surface area contributed by atoms with Gasteiger partial charge >= 0.3 is 0 Å². The molecule has 1 aromatic heterocycles. The summed E-state index contributed by atoms with van der Waals surface area (Å²) in [7, 11) is 0. The lowest BCUT2D eigenvalue weighted by Gasteiger charge is -2.35. The first-order valence-electron chi connectivity index (χ1n) is 9.81. The van der Waals surface area contributed by atoms with Gasteiger partial charge in [-0.3, -0.25) is 9.69 Å². The number of aromatic nitrogens is 2. The first-order chi connectivity index (χ1) is 13.6. The highest BCUT2D eigenvalue weighted by Crippen LogP contribution is 2.26. The molecule has 0 aliphatic carbocycles. The maximum absolute atomic E-state index is 12.5. The number of carbonyl (C=O) groups excluding carboxylic acids is 1. The fourth-order valence-electron chi connectivity index (χ4n) is 3.33. The molecule has 0 radical (unpaired) electrons. The SMILES string of the molecule is CCCc1noc(CCCC(=O)N2CCN(Cc3cccc(Cl)c3Cl)CC2)n1. The molecule has 0 atom stereocenters. The van der Waals surface area contributed by atoms with Gasteiger partial charge < -0.3 is 9.42 Å². The Morgan fingerprint density at radius 1 is 1.18 bits per heavy atom. The molecule has 3 rings (SSSR count). The predicted molar refractivity (Wildman–Crippen MR) is 110 cm³/mol. The molecule has 152 valence electrons. The lowest BCUT2D eigenvalue weighted by atomic mass is 10.1. The molecule has 2 aromatic rings. The summed E-state index contributed by atoms with van der Waals surface area (Å²) < 4.78 is 5.22. The van der Waals surface area contributed by atoms with E-state index in [-0.39, 0.29) is 5.91 Å². The van der Waals surface area contributed by atoms with Gasteiger partial charge in [0.25, 0.3) is 0 Å². The Morgan fingerprint density at radius 3 is 2.71 bits per heavy atom. The number of benzene rings is 1. The quantitative estimate of drug-likeness (QED) is 0.640. The van der Waals surface area contributed by atoms with E-state index in [1.807, 2.05) is 17.0 Å². The monoisotopic (exact) mass is 424 g/mol. The van der Waals surface area contributed by atoms with E-state index in [0.717, 1.165) is 63.4 Å². The van der Waals surface area contributed by atoms with E-state index >= 15 is 0 Å². The molecule has 28 heavy (non-hydrogen) atoms. The van der Waals surface area contributed by atoms with Crippen molar-refractivity contribution in [1.29, 1.82) is 0 Å². The van der Waals surface area contributed by atoms with Crippen molar-refractivity contribution in [1.82, 2.24) is 19.9 Å². The number of halogens is 2. The van der Waals surface area contributed by atoms with Gasteiger partial charge in [-0.1, -0.05) is 47.4 Å². The molecule has 0 saturated carbocycles. The van der Waals surface area contributed by atoms with Crippen molar-refractivity contribution in [3.05, 3.63) is 45.5 Å². The van der Waals surface area contributed by atoms with E-state index in [1.165, 1.54) is 0 Å². The van der Waals surface area contributed by atoms with Crippen molar-refractivity contribution in [3.63, 3.8) is 0 Å². The second-order valence-corrected chi connectivity index (χ2v) is 7.86. The van der Waals surface area contributed by atoms with Crippen LogP contribution in [0.1, 0.15) is 43.5 Å². The van der Waals surface area contributed by atoms with Gasteiger partial charge in [0.2, 0.25) is 11.8 Å². The lowest BCUT2D eigenvalue weighted by molar-refractivity contribution is -0.133. The molecule has 1 fully saturated rings. The van der Waals surface area contributed by atoms with Gasteiger partial charge in [0.1, 0.15) is 0 Å². The van der Waals surface area contributed by atoms with E-state index < -0.39 is 0 Å². The molecule has 1 amide bonds. The fraction of sp³-hybridized carbons (Fsp3) is 0.550. The zero-order valence-corrected chi connectivity index (χ0v) is 17.7. The van der Waals surface area contributed by atoms with Crippen LogP contribution in [0.25, 0.3) is 0 Å². The fourth-order valence-corrected chi connectivity index (χ4v) is 3.71. The topological polar surface area (TPSA) is 62.5 Å². The van der Waals surface area contributed by atoms with Crippen LogP contribution in [-0.2, 0) is 24.2 Å².